The largest absolute Gasteiger partial charge is 0.446 e. The second-order valence-electron chi connectivity index (χ2n) is 12.9. The Hall–Kier alpha value is -3.89. The van der Waals surface area contributed by atoms with Gasteiger partial charge in [-0.05, 0) is 92.0 Å². The summed E-state index contributed by atoms with van der Waals surface area (Å²) in [7, 11) is 1.87. The molecule has 2 N–H and O–H groups in total. The Labute approximate surface area is 274 Å². The fraction of sp³-hybridized carbons (Fsp3) is 0.486. The van der Waals surface area contributed by atoms with Crippen LogP contribution >= 0.6 is 11.6 Å². The number of aliphatic hydroxyl groups is 1. The second-order valence-corrected chi connectivity index (χ2v) is 13.4. The number of ether oxygens (including phenoxy) is 2. The number of imidazole rings is 1. The molecule has 3 heterocycles. The van der Waals surface area contributed by atoms with E-state index < -0.39 is 23.3 Å². The molecule has 1 saturated carbocycles. The maximum absolute atomic E-state index is 13.3. The molecule has 46 heavy (non-hydrogen) atoms. The Bertz CT molecular complexity index is 1640. The molecule has 3 aliphatic rings. The minimum Gasteiger partial charge on any atom is -0.446 e. The number of alkyl carbamates (subject to hydrolysis) is 1. The Kier molecular flexibility index (Phi) is 8.87. The predicted molar refractivity (Wildman–Crippen MR) is 175 cm³/mol. The topological polar surface area (TPSA) is 119 Å². The van der Waals surface area contributed by atoms with Gasteiger partial charge in [0.05, 0.1) is 30.0 Å². The maximum Gasteiger partial charge on any atom is 0.410 e. The number of aromatic nitrogens is 3. The smallest absolute Gasteiger partial charge is 0.410 e. The molecule has 0 radical (unpaired) electrons. The summed E-state index contributed by atoms with van der Waals surface area (Å²) < 4.78 is 13.4. The summed E-state index contributed by atoms with van der Waals surface area (Å²) in [5.74, 6) is -0.270. The standard InChI is InChI=1S/C35H42ClN5O5/c1-5-25(6-2)45-33(43)41-16-11-23(12-17-41)35(44)28-10-9-24(36)19-26(28)27(18-22-8-7-15-38-31(22)35)30(29-20-37-21-40(29)4)39-32(42)46-34(3)13-14-34/h7-10,15,18-21,23,25,30,44H,5-6,11-14,16-17H2,1-4H3,(H,39,42). The van der Waals surface area contributed by atoms with Crippen molar-refractivity contribution in [3.05, 3.63) is 82.2 Å². The first kappa shape index (κ1) is 32.1. The lowest BCUT2D eigenvalue weighted by Crippen LogP contribution is -2.47. The fourth-order valence-corrected chi connectivity index (χ4v) is 6.90. The van der Waals surface area contributed by atoms with E-state index in [1.165, 1.54) is 0 Å². The Morgan fingerprint density at radius 3 is 2.57 bits per heavy atom. The van der Waals surface area contributed by atoms with Crippen molar-refractivity contribution in [1.29, 1.82) is 0 Å². The van der Waals surface area contributed by atoms with Crippen LogP contribution in [0.5, 0.6) is 0 Å². The lowest BCUT2D eigenvalue weighted by molar-refractivity contribution is -0.0210. The van der Waals surface area contributed by atoms with Gasteiger partial charge in [0.1, 0.15) is 17.3 Å². The third-order valence-corrected chi connectivity index (χ3v) is 9.99. The van der Waals surface area contributed by atoms with Gasteiger partial charge in [-0.1, -0.05) is 37.6 Å². The number of nitrogens with zero attached hydrogens (tertiary/aromatic N) is 4. The number of fused-ring (bicyclic) bond motifs is 2. The van der Waals surface area contributed by atoms with Crippen LogP contribution in [0, 0.1) is 5.92 Å². The summed E-state index contributed by atoms with van der Waals surface area (Å²) in [5.41, 5.74) is 2.03. The van der Waals surface area contributed by atoms with Crippen LogP contribution in [0.25, 0.3) is 11.6 Å². The number of halogens is 1. The molecule has 2 aromatic heterocycles. The van der Waals surface area contributed by atoms with Gasteiger partial charge in [0, 0.05) is 37.3 Å². The van der Waals surface area contributed by atoms with Gasteiger partial charge in [0.2, 0.25) is 0 Å². The van der Waals surface area contributed by atoms with Gasteiger partial charge < -0.3 is 29.4 Å². The van der Waals surface area contributed by atoms with E-state index in [4.69, 9.17) is 26.1 Å². The van der Waals surface area contributed by atoms with Crippen LogP contribution in [0.1, 0.15) is 93.4 Å². The zero-order chi connectivity index (χ0) is 32.6. The molecule has 2 unspecified atom stereocenters. The van der Waals surface area contributed by atoms with Crippen molar-refractivity contribution in [2.75, 3.05) is 13.1 Å². The third-order valence-electron chi connectivity index (χ3n) is 9.75. The highest BCUT2D eigenvalue weighted by molar-refractivity contribution is 6.30. The van der Waals surface area contributed by atoms with Crippen LogP contribution in [-0.4, -0.2) is 61.5 Å². The van der Waals surface area contributed by atoms with Crippen molar-refractivity contribution < 1.29 is 24.2 Å². The lowest BCUT2D eigenvalue weighted by Gasteiger charge is -2.42. The molecule has 2 aliphatic carbocycles. The van der Waals surface area contributed by atoms with E-state index in [1.54, 1.807) is 29.7 Å². The number of likely N-dealkylation sites (tertiary alicyclic amines) is 1. The van der Waals surface area contributed by atoms with Crippen molar-refractivity contribution in [1.82, 2.24) is 24.8 Å². The van der Waals surface area contributed by atoms with E-state index in [2.05, 4.69) is 10.3 Å². The van der Waals surface area contributed by atoms with Crippen molar-refractivity contribution in [3.63, 3.8) is 0 Å². The van der Waals surface area contributed by atoms with Crippen LogP contribution in [0.3, 0.4) is 0 Å². The fourth-order valence-electron chi connectivity index (χ4n) is 6.72. The first-order chi connectivity index (χ1) is 22.1. The highest BCUT2D eigenvalue weighted by atomic mass is 35.5. The predicted octanol–water partition coefficient (Wildman–Crippen LogP) is 6.62. The van der Waals surface area contributed by atoms with Crippen LogP contribution < -0.4 is 5.32 Å². The van der Waals surface area contributed by atoms with Crippen LogP contribution in [0.15, 0.2) is 49.1 Å². The molecule has 1 saturated heterocycles. The third kappa shape index (κ3) is 6.12. The molecule has 0 bridgehead atoms. The first-order valence-corrected chi connectivity index (χ1v) is 16.5. The number of aryl methyl sites for hydroxylation is 1. The number of hydrogen-bond acceptors (Lipinski definition) is 7. The van der Waals surface area contributed by atoms with E-state index in [-0.39, 0.29) is 18.1 Å². The highest BCUT2D eigenvalue weighted by Gasteiger charge is 2.48. The molecule has 2 amide bonds. The zero-order valence-corrected chi connectivity index (χ0v) is 27.6. The molecular formula is C35H42ClN5O5. The van der Waals surface area contributed by atoms with Crippen molar-refractivity contribution in [3.8, 4) is 0 Å². The molecule has 1 aliphatic heterocycles. The van der Waals surface area contributed by atoms with E-state index in [9.17, 15) is 14.7 Å². The summed E-state index contributed by atoms with van der Waals surface area (Å²) >= 11 is 6.65. The number of nitrogens with one attached hydrogen (secondary N) is 1. The van der Waals surface area contributed by atoms with Crippen LogP contribution in [0.2, 0.25) is 5.02 Å². The quantitative estimate of drug-likeness (QED) is 0.282. The first-order valence-electron chi connectivity index (χ1n) is 16.2. The summed E-state index contributed by atoms with van der Waals surface area (Å²) in [6, 6.07) is 8.53. The summed E-state index contributed by atoms with van der Waals surface area (Å²) in [4.78, 5) is 37.1. The van der Waals surface area contributed by atoms with Gasteiger partial charge in [-0.2, -0.15) is 0 Å². The average molecular weight is 648 g/mol. The number of pyridine rings is 1. The highest BCUT2D eigenvalue weighted by Crippen LogP contribution is 2.50. The molecule has 2 fully saturated rings. The minimum absolute atomic E-state index is 0.112. The summed E-state index contributed by atoms with van der Waals surface area (Å²) in [6.45, 7) is 6.83. The maximum atomic E-state index is 13.3. The molecule has 2 atom stereocenters. The number of carbonyl (C=O) groups is 2. The van der Waals surface area contributed by atoms with E-state index in [1.807, 2.05) is 62.7 Å². The molecule has 10 nitrogen and oxygen atoms in total. The lowest BCUT2D eigenvalue weighted by atomic mass is 9.72. The monoisotopic (exact) mass is 647 g/mol. The normalized spacial score (nSPS) is 21.0. The number of rotatable bonds is 8. The summed E-state index contributed by atoms with van der Waals surface area (Å²) in [5, 5.41) is 16.6. The zero-order valence-electron chi connectivity index (χ0n) is 26.8. The second kappa shape index (κ2) is 12.7. The average Bonchev–Trinajstić information content (AvgIpc) is 3.65. The van der Waals surface area contributed by atoms with E-state index in [0.717, 1.165) is 42.5 Å². The number of amides is 2. The molecule has 244 valence electrons. The number of hydrogen-bond donors (Lipinski definition) is 2. The van der Waals surface area contributed by atoms with Crippen LogP contribution in [0.4, 0.5) is 9.59 Å². The van der Waals surface area contributed by atoms with Gasteiger partial charge in [0.25, 0.3) is 0 Å². The molecule has 1 aromatic carbocycles. The van der Waals surface area contributed by atoms with Crippen molar-refractivity contribution in [2.24, 2.45) is 13.0 Å². The van der Waals surface area contributed by atoms with E-state index >= 15 is 0 Å². The molecule has 3 aromatic rings. The Morgan fingerprint density at radius 1 is 1.17 bits per heavy atom. The van der Waals surface area contributed by atoms with Gasteiger partial charge in [-0.3, -0.25) is 4.98 Å². The number of piperidine rings is 1. The summed E-state index contributed by atoms with van der Waals surface area (Å²) in [6.07, 6.45) is 10.3. The van der Waals surface area contributed by atoms with Gasteiger partial charge in [-0.25, -0.2) is 14.6 Å². The van der Waals surface area contributed by atoms with Gasteiger partial charge >= 0.3 is 12.2 Å². The minimum atomic E-state index is -1.51. The SMILES string of the molecule is CCC(CC)OC(=O)N1CCC(C2(O)c3ccc(Cl)cc3C(C(NC(=O)OC3(C)CC3)c3cncn3C)=Cc3cccnc32)CC1. The van der Waals surface area contributed by atoms with Crippen molar-refractivity contribution in [2.45, 2.75) is 82.6 Å². The van der Waals surface area contributed by atoms with E-state index in [0.29, 0.717) is 47.8 Å². The van der Waals surface area contributed by atoms with Crippen molar-refractivity contribution >= 4 is 35.4 Å². The Balaban J connectivity index is 1.41. The Morgan fingerprint density at radius 2 is 1.91 bits per heavy atom. The van der Waals surface area contributed by atoms with Crippen LogP contribution in [-0.2, 0) is 22.1 Å². The molecule has 11 heteroatoms. The number of benzene rings is 1. The molecule has 6 rings (SSSR count). The number of carbonyl (C=O) groups excluding carboxylic acids is 2. The van der Waals surface area contributed by atoms with Gasteiger partial charge in [0.15, 0.2) is 0 Å². The molecule has 0 spiro atoms. The van der Waals surface area contributed by atoms with Gasteiger partial charge in [-0.15, -0.1) is 0 Å². The molecular weight excluding hydrogens is 606 g/mol.